The second-order valence-corrected chi connectivity index (χ2v) is 3.26. The summed E-state index contributed by atoms with van der Waals surface area (Å²) in [6.07, 6.45) is 1.48. The number of carbonyl (C=O) groups excluding carboxylic acids is 1. The third kappa shape index (κ3) is 2.34. The topological polar surface area (TPSA) is 38.7 Å². The van der Waals surface area contributed by atoms with E-state index in [2.05, 4.69) is 4.99 Å². The Labute approximate surface area is 87.4 Å². The summed E-state index contributed by atoms with van der Waals surface area (Å²) in [7, 11) is 1.57. The van der Waals surface area contributed by atoms with E-state index >= 15 is 0 Å². The molecule has 0 saturated carbocycles. The first-order valence-corrected chi connectivity index (χ1v) is 4.43. The third-order valence-electron chi connectivity index (χ3n) is 1.83. The van der Waals surface area contributed by atoms with E-state index in [9.17, 15) is 4.79 Å². The van der Waals surface area contributed by atoms with Gasteiger partial charge in [-0.2, -0.15) is 0 Å². The third-order valence-corrected chi connectivity index (χ3v) is 2.05. The molecule has 0 saturated heterocycles. The Balaban J connectivity index is 3.17. The van der Waals surface area contributed by atoms with Crippen LogP contribution in [-0.2, 0) is 11.3 Å². The van der Waals surface area contributed by atoms with Crippen LogP contribution in [0.2, 0.25) is 5.02 Å². The minimum atomic E-state index is 0.244. The maximum absolute atomic E-state index is 9.98. The van der Waals surface area contributed by atoms with E-state index < -0.39 is 0 Å². The molecule has 14 heavy (non-hydrogen) atoms. The molecule has 0 atom stereocenters. The maximum atomic E-state index is 9.98. The fourth-order valence-electron chi connectivity index (χ4n) is 1.33. The smallest absolute Gasteiger partial charge is 0.235 e. The lowest BCUT2D eigenvalue weighted by Crippen LogP contribution is -1.94. The first-order valence-electron chi connectivity index (χ1n) is 4.05. The van der Waals surface area contributed by atoms with E-state index in [0.29, 0.717) is 10.8 Å². The molecule has 0 amide bonds. The van der Waals surface area contributed by atoms with Gasteiger partial charge in [-0.1, -0.05) is 11.6 Å². The Bertz CT molecular complexity index is 384. The Kier molecular flexibility index (Phi) is 3.69. The van der Waals surface area contributed by atoms with Crippen LogP contribution in [0.1, 0.15) is 11.1 Å². The molecule has 0 aliphatic heterocycles. The van der Waals surface area contributed by atoms with Crippen molar-refractivity contribution in [2.24, 2.45) is 4.99 Å². The number of hydrogen-bond acceptors (Lipinski definition) is 3. The fourth-order valence-corrected chi connectivity index (χ4v) is 1.62. The SMILES string of the molecule is COc1c(C)cc(Cl)cc1CN=C=O. The van der Waals surface area contributed by atoms with Gasteiger partial charge in [-0.25, -0.2) is 9.79 Å². The van der Waals surface area contributed by atoms with Crippen molar-refractivity contribution in [2.45, 2.75) is 13.5 Å². The highest BCUT2D eigenvalue weighted by Crippen LogP contribution is 2.27. The molecule has 0 bridgehead atoms. The molecule has 1 rings (SSSR count). The molecule has 0 spiro atoms. The molecule has 0 unspecified atom stereocenters. The molecule has 3 nitrogen and oxygen atoms in total. The first-order chi connectivity index (χ1) is 6.69. The number of isocyanates is 1. The van der Waals surface area contributed by atoms with Crippen LogP contribution >= 0.6 is 11.6 Å². The summed E-state index contributed by atoms with van der Waals surface area (Å²) in [5.41, 5.74) is 1.72. The van der Waals surface area contributed by atoms with Crippen molar-refractivity contribution in [1.82, 2.24) is 0 Å². The summed E-state index contributed by atoms with van der Waals surface area (Å²) in [6, 6.07) is 3.53. The molecule has 0 aliphatic carbocycles. The fraction of sp³-hybridized carbons (Fsp3) is 0.300. The van der Waals surface area contributed by atoms with Crippen LogP contribution in [0.3, 0.4) is 0 Å². The van der Waals surface area contributed by atoms with Gasteiger partial charge in [0.2, 0.25) is 6.08 Å². The van der Waals surface area contributed by atoms with E-state index in [4.69, 9.17) is 16.3 Å². The van der Waals surface area contributed by atoms with Gasteiger partial charge in [0.15, 0.2) is 0 Å². The van der Waals surface area contributed by atoms with E-state index in [1.54, 1.807) is 19.2 Å². The summed E-state index contributed by atoms with van der Waals surface area (Å²) < 4.78 is 5.18. The second kappa shape index (κ2) is 4.80. The molecule has 0 aliphatic rings. The van der Waals surface area contributed by atoms with Crippen LogP contribution in [0.25, 0.3) is 0 Å². The van der Waals surface area contributed by atoms with Crippen LogP contribution in [0.5, 0.6) is 5.75 Å². The van der Waals surface area contributed by atoms with Crippen molar-refractivity contribution >= 4 is 17.7 Å². The Morgan fingerprint density at radius 1 is 1.57 bits per heavy atom. The van der Waals surface area contributed by atoms with Gasteiger partial charge in [0.25, 0.3) is 0 Å². The molecular weight excluding hydrogens is 202 g/mol. The highest BCUT2D eigenvalue weighted by molar-refractivity contribution is 6.30. The molecule has 74 valence electrons. The van der Waals surface area contributed by atoms with Crippen LogP contribution in [0.4, 0.5) is 0 Å². The van der Waals surface area contributed by atoms with Gasteiger partial charge >= 0.3 is 0 Å². The van der Waals surface area contributed by atoms with Crippen LogP contribution in [0.15, 0.2) is 17.1 Å². The molecular formula is C10H10ClNO2. The van der Waals surface area contributed by atoms with Gasteiger partial charge in [0.1, 0.15) is 5.75 Å². The average Bonchev–Trinajstić information content (AvgIpc) is 2.14. The van der Waals surface area contributed by atoms with Crippen molar-refractivity contribution in [2.75, 3.05) is 7.11 Å². The lowest BCUT2D eigenvalue weighted by atomic mass is 10.1. The van der Waals surface area contributed by atoms with Gasteiger partial charge in [0, 0.05) is 10.6 Å². The first kappa shape index (κ1) is 10.8. The molecule has 0 N–H and O–H groups in total. The van der Waals surface area contributed by atoms with E-state index in [0.717, 1.165) is 11.1 Å². The minimum Gasteiger partial charge on any atom is -0.496 e. The Hall–Kier alpha value is -1.31. The second-order valence-electron chi connectivity index (χ2n) is 2.82. The van der Waals surface area contributed by atoms with Crippen molar-refractivity contribution < 1.29 is 9.53 Å². The number of aliphatic imine (C=N–C) groups is 1. The summed E-state index contributed by atoms with van der Waals surface area (Å²) in [5.74, 6) is 0.716. The van der Waals surface area contributed by atoms with Crippen LogP contribution in [-0.4, -0.2) is 13.2 Å². The molecule has 0 aromatic heterocycles. The van der Waals surface area contributed by atoms with Gasteiger partial charge < -0.3 is 4.74 Å². The molecule has 0 radical (unpaired) electrons. The number of methoxy groups -OCH3 is 1. The van der Waals surface area contributed by atoms with Crippen LogP contribution < -0.4 is 4.74 Å². The molecule has 0 fully saturated rings. The normalized spacial score (nSPS) is 9.36. The molecule has 4 heteroatoms. The van der Waals surface area contributed by atoms with Crippen molar-refractivity contribution in [3.63, 3.8) is 0 Å². The zero-order valence-corrected chi connectivity index (χ0v) is 8.76. The summed E-state index contributed by atoms with van der Waals surface area (Å²) in [6.45, 7) is 2.13. The molecule has 1 aromatic carbocycles. The number of aryl methyl sites for hydroxylation is 1. The van der Waals surface area contributed by atoms with Crippen molar-refractivity contribution in [3.8, 4) is 5.75 Å². The number of halogens is 1. The highest BCUT2D eigenvalue weighted by atomic mass is 35.5. The molecule has 1 aromatic rings. The number of benzene rings is 1. The van der Waals surface area contributed by atoms with Gasteiger partial charge in [0.05, 0.1) is 13.7 Å². The van der Waals surface area contributed by atoms with Crippen molar-refractivity contribution in [3.05, 3.63) is 28.3 Å². The van der Waals surface area contributed by atoms with E-state index in [1.165, 1.54) is 6.08 Å². The lowest BCUT2D eigenvalue weighted by Gasteiger charge is -2.09. The average molecular weight is 212 g/mol. The predicted molar refractivity (Wildman–Crippen MR) is 54.6 cm³/mol. The van der Waals surface area contributed by atoms with Gasteiger partial charge in [-0.05, 0) is 24.6 Å². The summed E-state index contributed by atoms with van der Waals surface area (Å²) in [5, 5.41) is 0.611. The number of ether oxygens (including phenoxy) is 1. The van der Waals surface area contributed by atoms with E-state index in [-0.39, 0.29) is 6.54 Å². The van der Waals surface area contributed by atoms with Crippen LogP contribution in [0, 0.1) is 6.92 Å². The number of rotatable bonds is 3. The largest absolute Gasteiger partial charge is 0.496 e. The zero-order valence-electron chi connectivity index (χ0n) is 8.00. The van der Waals surface area contributed by atoms with E-state index in [1.807, 2.05) is 6.92 Å². The van der Waals surface area contributed by atoms with Crippen molar-refractivity contribution in [1.29, 1.82) is 0 Å². The zero-order chi connectivity index (χ0) is 10.6. The summed E-state index contributed by atoms with van der Waals surface area (Å²) in [4.78, 5) is 13.5. The Morgan fingerprint density at radius 3 is 2.86 bits per heavy atom. The Morgan fingerprint density at radius 2 is 2.29 bits per heavy atom. The molecule has 0 heterocycles. The maximum Gasteiger partial charge on any atom is 0.235 e. The van der Waals surface area contributed by atoms with Gasteiger partial charge in [-0.15, -0.1) is 0 Å². The minimum absolute atomic E-state index is 0.244. The number of nitrogens with zero attached hydrogens (tertiary/aromatic N) is 1. The highest BCUT2D eigenvalue weighted by Gasteiger charge is 2.07. The lowest BCUT2D eigenvalue weighted by molar-refractivity contribution is 0.406. The van der Waals surface area contributed by atoms with Gasteiger partial charge in [-0.3, -0.25) is 0 Å². The predicted octanol–water partition coefficient (Wildman–Crippen LogP) is 2.49. The standard InChI is InChI=1S/C10H10ClNO2/c1-7-3-9(11)4-8(5-12-6-13)10(7)14-2/h3-4H,5H2,1-2H3. The summed E-state index contributed by atoms with van der Waals surface area (Å²) >= 11 is 5.86. The monoisotopic (exact) mass is 211 g/mol. The quantitative estimate of drug-likeness (QED) is 0.569. The number of hydrogen-bond donors (Lipinski definition) is 0.